The van der Waals surface area contributed by atoms with E-state index < -0.39 is 27.5 Å². The number of ether oxygens (including phenoxy) is 1. The standard InChI is InChI=1S/C12H15BrO5S/c1-8(5-12(14)15)19(16,17)7-9-6-10(18-2)3-4-11(9)13/h3-4,6,8H,5,7H2,1-2H3,(H,14,15). The molecule has 0 saturated carbocycles. The number of aliphatic carboxylic acids is 1. The summed E-state index contributed by atoms with van der Waals surface area (Å²) in [4.78, 5) is 10.6. The van der Waals surface area contributed by atoms with Crippen LogP contribution in [0.15, 0.2) is 22.7 Å². The minimum atomic E-state index is -3.52. The first-order chi connectivity index (χ1) is 8.76. The van der Waals surface area contributed by atoms with Crippen LogP contribution in [0.5, 0.6) is 5.75 Å². The second-order valence-corrected chi connectivity index (χ2v) is 7.45. The first kappa shape index (κ1) is 16.0. The molecule has 1 unspecified atom stereocenters. The fourth-order valence-corrected chi connectivity index (χ4v) is 3.45. The highest BCUT2D eigenvalue weighted by Crippen LogP contribution is 2.25. The van der Waals surface area contributed by atoms with Crippen molar-refractivity contribution in [3.8, 4) is 5.75 Å². The van der Waals surface area contributed by atoms with Gasteiger partial charge in [0.15, 0.2) is 9.84 Å². The molecule has 0 fully saturated rings. The zero-order chi connectivity index (χ0) is 14.6. The number of hydrogen-bond donors (Lipinski definition) is 1. The van der Waals surface area contributed by atoms with Crippen LogP contribution in [-0.4, -0.2) is 31.9 Å². The van der Waals surface area contributed by atoms with Crippen molar-refractivity contribution in [1.82, 2.24) is 0 Å². The lowest BCUT2D eigenvalue weighted by Gasteiger charge is -2.12. The predicted octanol–water partition coefficient (Wildman–Crippen LogP) is 2.24. The summed E-state index contributed by atoms with van der Waals surface area (Å²) in [5, 5.41) is 7.73. The van der Waals surface area contributed by atoms with Crippen LogP contribution in [0.4, 0.5) is 0 Å². The van der Waals surface area contributed by atoms with E-state index >= 15 is 0 Å². The second kappa shape index (κ2) is 6.38. The van der Waals surface area contributed by atoms with Gasteiger partial charge in [-0.1, -0.05) is 15.9 Å². The molecule has 1 aromatic rings. The Labute approximate surface area is 120 Å². The lowest BCUT2D eigenvalue weighted by Crippen LogP contribution is -2.23. The summed E-state index contributed by atoms with van der Waals surface area (Å²) in [5.74, 6) is -0.792. The molecule has 0 heterocycles. The van der Waals surface area contributed by atoms with Gasteiger partial charge >= 0.3 is 5.97 Å². The fraction of sp³-hybridized carbons (Fsp3) is 0.417. The number of carboxylic acid groups (broad SMARTS) is 1. The smallest absolute Gasteiger partial charge is 0.304 e. The first-order valence-corrected chi connectivity index (χ1v) is 8.03. The Kier molecular flexibility index (Phi) is 5.37. The molecule has 0 aliphatic carbocycles. The number of methoxy groups -OCH3 is 1. The quantitative estimate of drug-likeness (QED) is 0.850. The van der Waals surface area contributed by atoms with Gasteiger partial charge in [0.25, 0.3) is 0 Å². The zero-order valence-electron chi connectivity index (χ0n) is 10.6. The third-order valence-electron chi connectivity index (χ3n) is 2.68. The van der Waals surface area contributed by atoms with Gasteiger partial charge < -0.3 is 9.84 Å². The largest absolute Gasteiger partial charge is 0.497 e. The van der Waals surface area contributed by atoms with Gasteiger partial charge in [-0.3, -0.25) is 4.79 Å². The molecule has 0 bridgehead atoms. The van der Waals surface area contributed by atoms with Crippen LogP contribution in [0.3, 0.4) is 0 Å². The summed E-state index contributed by atoms with van der Waals surface area (Å²) >= 11 is 3.28. The molecule has 0 radical (unpaired) electrons. The van der Waals surface area contributed by atoms with Crippen LogP contribution in [0.2, 0.25) is 0 Å². The first-order valence-electron chi connectivity index (χ1n) is 5.52. The van der Waals surface area contributed by atoms with Crippen LogP contribution < -0.4 is 4.74 Å². The summed E-state index contributed by atoms with van der Waals surface area (Å²) in [7, 11) is -2.03. The highest BCUT2D eigenvalue weighted by Gasteiger charge is 2.24. The van der Waals surface area contributed by atoms with E-state index in [-0.39, 0.29) is 5.75 Å². The second-order valence-electron chi connectivity index (χ2n) is 4.17. The molecule has 7 heteroatoms. The minimum absolute atomic E-state index is 0.223. The van der Waals surface area contributed by atoms with E-state index in [1.165, 1.54) is 14.0 Å². The Morgan fingerprint density at radius 2 is 2.11 bits per heavy atom. The van der Waals surface area contributed by atoms with Crippen molar-refractivity contribution >= 4 is 31.7 Å². The van der Waals surface area contributed by atoms with Crippen molar-refractivity contribution in [1.29, 1.82) is 0 Å². The lowest BCUT2D eigenvalue weighted by molar-refractivity contribution is -0.136. The lowest BCUT2D eigenvalue weighted by atomic mass is 10.2. The Balaban J connectivity index is 2.97. The maximum absolute atomic E-state index is 12.1. The maximum Gasteiger partial charge on any atom is 0.304 e. The highest BCUT2D eigenvalue weighted by atomic mass is 79.9. The van der Waals surface area contributed by atoms with Gasteiger partial charge in [0, 0.05) is 4.47 Å². The number of rotatable bonds is 6. The van der Waals surface area contributed by atoms with E-state index in [0.717, 1.165) is 0 Å². The van der Waals surface area contributed by atoms with Crippen LogP contribution in [0.1, 0.15) is 18.9 Å². The van der Waals surface area contributed by atoms with Gasteiger partial charge in [-0.05, 0) is 30.7 Å². The molecular formula is C12H15BrO5S. The fourth-order valence-electron chi connectivity index (χ4n) is 1.52. The van der Waals surface area contributed by atoms with Gasteiger partial charge in [0.1, 0.15) is 5.75 Å². The van der Waals surface area contributed by atoms with E-state index in [1.54, 1.807) is 18.2 Å². The normalized spacial score (nSPS) is 13.0. The van der Waals surface area contributed by atoms with Crippen LogP contribution in [-0.2, 0) is 20.4 Å². The molecular weight excluding hydrogens is 336 g/mol. The average molecular weight is 351 g/mol. The molecule has 0 amide bonds. The number of halogens is 1. The Bertz CT molecular complexity index is 567. The van der Waals surface area contributed by atoms with Crippen LogP contribution in [0, 0.1) is 0 Å². The van der Waals surface area contributed by atoms with Crippen LogP contribution >= 0.6 is 15.9 Å². The summed E-state index contributed by atoms with van der Waals surface area (Å²) in [5.41, 5.74) is 0.552. The van der Waals surface area contributed by atoms with Crippen molar-refractivity contribution in [2.45, 2.75) is 24.3 Å². The molecule has 1 aromatic carbocycles. The van der Waals surface area contributed by atoms with E-state index in [2.05, 4.69) is 15.9 Å². The van der Waals surface area contributed by atoms with Gasteiger partial charge in [-0.25, -0.2) is 8.42 Å². The molecule has 5 nitrogen and oxygen atoms in total. The number of carbonyl (C=O) groups is 1. The Morgan fingerprint density at radius 1 is 1.47 bits per heavy atom. The highest BCUT2D eigenvalue weighted by molar-refractivity contribution is 9.10. The van der Waals surface area contributed by atoms with Crippen molar-refractivity contribution in [3.63, 3.8) is 0 Å². The maximum atomic E-state index is 12.1. The molecule has 1 N–H and O–H groups in total. The number of hydrogen-bond acceptors (Lipinski definition) is 4. The monoisotopic (exact) mass is 350 g/mol. The molecule has 0 aliphatic heterocycles. The van der Waals surface area contributed by atoms with E-state index in [0.29, 0.717) is 15.8 Å². The third kappa shape index (κ3) is 4.50. The molecule has 0 saturated heterocycles. The van der Waals surface area contributed by atoms with Gasteiger partial charge in [0.2, 0.25) is 0 Å². The number of benzene rings is 1. The molecule has 106 valence electrons. The summed E-state index contributed by atoms with van der Waals surface area (Å²) in [6.07, 6.45) is -0.399. The van der Waals surface area contributed by atoms with E-state index in [9.17, 15) is 13.2 Å². The Morgan fingerprint density at radius 3 is 2.63 bits per heavy atom. The summed E-state index contributed by atoms with van der Waals surface area (Å²) in [6.45, 7) is 1.40. The van der Waals surface area contributed by atoms with Crippen molar-refractivity contribution in [3.05, 3.63) is 28.2 Å². The third-order valence-corrected chi connectivity index (χ3v) is 5.56. The summed E-state index contributed by atoms with van der Waals surface area (Å²) < 4.78 is 29.8. The van der Waals surface area contributed by atoms with Gasteiger partial charge in [-0.15, -0.1) is 0 Å². The van der Waals surface area contributed by atoms with Crippen molar-refractivity contribution < 1.29 is 23.1 Å². The predicted molar refractivity (Wildman–Crippen MR) is 75.0 cm³/mol. The molecule has 1 atom stereocenters. The Hall–Kier alpha value is -1.08. The van der Waals surface area contributed by atoms with Crippen LogP contribution in [0.25, 0.3) is 0 Å². The SMILES string of the molecule is COc1ccc(Br)c(CS(=O)(=O)C(C)CC(=O)O)c1. The molecule has 1 rings (SSSR count). The minimum Gasteiger partial charge on any atom is -0.497 e. The topological polar surface area (TPSA) is 80.7 Å². The molecule has 0 spiro atoms. The van der Waals surface area contributed by atoms with Crippen molar-refractivity contribution in [2.24, 2.45) is 0 Å². The average Bonchev–Trinajstić information content (AvgIpc) is 2.30. The zero-order valence-corrected chi connectivity index (χ0v) is 13.0. The van der Waals surface area contributed by atoms with E-state index in [1.807, 2.05) is 0 Å². The van der Waals surface area contributed by atoms with Crippen molar-refractivity contribution in [2.75, 3.05) is 7.11 Å². The summed E-state index contributed by atoms with van der Waals surface area (Å²) in [6, 6.07) is 5.03. The molecule has 0 aliphatic rings. The van der Waals surface area contributed by atoms with Gasteiger partial charge in [-0.2, -0.15) is 0 Å². The van der Waals surface area contributed by atoms with E-state index in [4.69, 9.17) is 9.84 Å². The molecule has 19 heavy (non-hydrogen) atoms. The number of sulfone groups is 1. The van der Waals surface area contributed by atoms with Gasteiger partial charge in [0.05, 0.1) is 24.5 Å². The number of carboxylic acids is 1. The molecule has 0 aromatic heterocycles.